The summed E-state index contributed by atoms with van der Waals surface area (Å²) in [6.07, 6.45) is 3.09. The molecule has 4 heteroatoms. The van der Waals surface area contributed by atoms with E-state index in [1.54, 1.807) is 18.2 Å². The first-order valence-corrected chi connectivity index (χ1v) is 6.01. The SMILES string of the molecule is O=C(/C=C/c1ccc(Cl)cc1)Nc1ccc(F)cc1. The Morgan fingerprint density at radius 2 is 1.68 bits per heavy atom. The zero-order valence-corrected chi connectivity index (χ0v) is 10.7. The van der Waals surface area contributed by atoms with Gasteiger partial charge in [0.15, 0.2) is 0 Å². The topological polar surface area (TPSA) is 29.1 Å². The van der Waals surface area contributed by atoms with Crippen LogP contribution in [0.3, 0.4) is 0 Å². The molecule has 1 N–H and O–H groups in total. The van der Waals surface area contributed by atoms with Gasteiger partial charge in [0.05, 0.1) is 0 Å². The third-order valence-corrected chi connectivity index (χ3v) is 2.66. The molecule has 0 spiro atoms. The van der Waals surface area contributed by atoms with Gasteiger partial charge in [-0.3, -0.25) is 4.79 Å². The van der Waals surface area contributed by atoms with Gasteiger partial charge in [0, 0.05) is 16.8 Å². The number of hydrogen-bond donors (Lipinski definition) is 1. The Morgan fingerprint density at radius 3 is 2.32 bits per heavy atom. The van der Waals surface area contributed by atoms with Crippen molar-refractivity contribution < 1.29 is 9.18 Å². The van der Waals surface area contributed by atoms with E-state index in [4.69, 9.17) is 11.6 Å². The molecule has 0 saturated carbocycles. The minimum absolute atomic E-state index is 0.276. The van der Waals surface area contributed by atoms with Gasteiger partial charge in [0.25, 0.3) is 0 Å². The Bertz CT molecular complexity index is 591. The monoisotopic (exact) mass is 275 g/mol. The number of nitrogens with one attached hydrogen (secondary N) is 1. The van der Waals surface area contributed by atoms with E-state index in [0.717, 1.165) is 5.56 Å². The van der Waals surface area contributed by atoms with Crippen LogP contribution >= 0.6 is 11.6 Å². The number of hydrogen-bond acceptors (Lipinski definition) is 1. The van der Waals surface area contributed by atoms with Crippen LogP contribution in [0.1, 0.15) is 5.56 Å². The molecule has 1 amide bonds. The smallest absolute Gasteiger partial charge is 0.248 e. The maximum Gasteiger partial charge on any atom is 0.248 e. The lowest BCUT2D eigenvalue weighted by atomic mass is 10.2. The molecule has 0 unspecified atom stereocenters. The number of amides is 1. The molecule has 2 aromatic rings. The molecule has 96 valence electrons. The summed E-state index contributed by atoms with van der Waals surface area (Å²) in [5.41, 5.74) is 1.42. The van der Waals surface area contributed by atoms with Gasteiger partial charge in [0.1, 0.15) is 5.82 Å². The van der Waals surface area contributed by atoms with Gasteiger partial charge >= 0.3 is 0 Å². The van der Waals surface area contributed by atoms with Crippen molar-refractivity contribution in [2.45, 2.75) is 0 Å². The van der Waals surface area contributed by atoms with E-state index in [0.29, 0.717) is 10.7 Å². The summed E-state index contributed by atoms with van der Waals surface area (Å²) in [5.74, 6) is -0.615. The maximum absolute atomic E-state index is 12.7. The third-order valence-electron chi connectivity index (χ3n) is 2.41. The normalized spacial score (nSPS) is 10.6. The highest BCUT2D eigenvalue weighted by Crippen LogP contribution is 2.11. The van der Waals surface area contributed by atoms with Crippen molar-refractivity contribution >= 4 is 29.3 Å². The Hall–Kier alpha value is -2.13. The Labute approximate surface area is 115 Å². The van der Waals surface area contributed by atoms with E-state index in [1.807, 2.05) is 12.1 Å². The summed E-state index contributed by atoms with van der Waals surface area (Å²) < 4.78 is 12.7. The van der Waals surface area contributed by atoms with Gasteiger partial charge in [-0.1, -0.05) is 23.7 Å². The lowest BCUT2D eigenvalue weighted by Crippen LogP contribution is -2.07. The minimum Gasteiger partial charge on any atom is -0.323 e. The largest absolute Gasteiger partial charge is 0.323 e. The molecule has 2 rings (SSSR count). The van der Waals surface area contributed by atoms with E-state index in [9.17, 15) is 9.18 Å². The zero-order valence-electron chi connectivity index (χ0n) is 9.94. The summed E-state index contributed by atoms with van der Waals surface area (Å²) in [6.45, 7) is 0. The number of carbonyl (C=O) groups excluding carboxylic acids is 1. The molecule has 0 fully saturated rings. The minimum atomic E-state index is -0.338. The lowest BCUT2D eigenvalue weighted by molar-refractivity contribution is -0.111. The number of rotatable bonds is 3. The molecule has 2 aromatic carbocycles. The molecule has 2 nitrogen and oxygen atoms in total. The average Bonchev–Trinajstić information content (AvgIpc) is 2.41. The van der Waals surface area contributed by atoms with Crippen LogP contribution in [0.15, 0.2) is 54.6 Å². The summed E-state index contributed by atoms with van der Waals surface area (Å²) in [6, 6.07) is 12.7. The second-order valence-electron chi connectivity index (χ2n) is 3.88. The van der Waals surface area contributed by atoms with Crippen molar-refractivity contribution in [2.24, 2.45) is 0 Å². The van der Waals surface area contributed by atoms with E-state index < -0.39 is 0 Å². The Morgan fingerprint density at radius 1 is 1.05 bits per heavy atom. The molecular formula is C15H11ClFNO. The van der Waals surface area contributed by atoms with E-state index in [1.165, 1.54) is 30.3 Å². The number of carbonyl (C=O) groups is 1. The second kappa shape index (κ2) is 6.16. The summed E-state index contributed by atoms with van der Waals surface area (Å²) in [7, 11) is 0. The first-order valence-electron chi connectivity index (χ1n) is 5.64. The number of benzene rings is 2. The van der Waals surface area contributed by atoms with Crippen LogP contribution in [0.2, 0.25) is 5.02 Å². The van der Waals surface area contributed by atoms with Gasteiger partial charge in [-0.05, 0) is 48.0 Å². The molecule has 0 heterocycles. The Kier molecular flexibility index (Phi) is 4.31. The Balaban J connectivity index is 1.97. The molecular weight excluding hydrogens is 265 g/mol. The van der Waals surface area contributed by atoms with Crippen LogP contribution < -0.4 is 5.32 Å². The van der Waals surface area contributed by atoms with Gasteiger partial charge in [-0.25, -0.2) is 4.39 Å². The van der Waals surface area contributed by atoms with Crippen LogP contribution in [0.4, 0.5) is 10.1 Å². The van der Waals surface area contributed by atoms with Crippen LogP contribution in [-0.4, -0.2) is 5.91 Å². The summed E-state index contributed by atoms with van der Waals surface area (Å²) in [5, 5.41) is 3.28. The highest BCUT2D eigenvalue weighted by atomic mass is 35.5. The second-order valence-corrected chi connectivity index (χ2v) is 4.32. The first kappa shape index (κ1) is 13.3. The van der Waals surface area contributed by atoms with Crippen LogP contribution in [0, 0.1) is 5.82 Å². The fourth-order valence-electron chi connectivity index (χ4n) is 1.46. The first-order chi connectivity index (χ1) is 9.13. The standard InChI is InChI=1S/C15H11ClFNO/c16-12-4-1-11(2-5-12)3-10-15(19)18-14-8-6-13(17)7-9-14/h1-10H,(H,18,19)/b10-3+. The number of anilines is 1. The van der Waals surface area contributed by atoms with Crippen LogP contribution in [0.5, 0.6) is 0 Å². The van der Waals surface area contributed by atoms with E-state index >= 15 is 0 Å². The molecule has 0 bridgehead atoms. The molecule has 0 saturated heterocycles. The van der Waals surface area contributed by atoms with Crippen molar-refractivity contribution in [1.29, 1.82) is 0 Å². The van der Waals surface area contributed by atoms with E-state index in [-0.39, 0.29) is 11.7 Å². The fraction of sp³-hybridized carbons (Fsp3) is 0. The lowest BCUT2D eigenvalue weighted by Gasteiger charge is -2.01. The third kappa shape index (κ3) is 4.23. The van der Waals surface area contributed by atoms with E-state index in [2.05, 4.69) is 5.32 Å². The van der Waals surface area contributed by atoms with Gasteiger partial charge in [0.2, 0.25) is 5.91 Å². The molecule has 0 aliphatic heterocycles. The van der Waals surface area contributed by atoms with Crippen LogP contribution in [0.25, 0.3) is 6.08 Å². The van der Waals surface area contributed by atoms with Gasteiger partial charge in [-0.15, -0.1) is 0 Å². The highest BCUT2D eigenvalue weighted by molar-refractivity contribution is 6.30. The highest BCUT2D eigenvalue weighted by Gasteiger charge is 1.98. The van der Waals surface area contributed by atoms with Crippen molar-refractivity contribution in [3.05, 3.63) is 71.0 Å². The fourth-order valence-corrected chi connectivity index (χ4v) is 1.59. The van der Waals surface area contributed by atoms with Crippen molar-refractivity contribution in [1.82, 2.24) is 0 Å². The van der Waals surface area contributed by atoms with Crippen molar-refractivity contribution in [3.8, 4) is 0 Å². The van der Waals surface area contributed by atoms with Crippen molar-refractivity contribution in [2.75, 3.05) is 5.32 Å². The quantitative estimate of drug-likeness (QED) is 0.839. The molecule has 0 aromatic heterocycles. The summed E-state index contributed by atoms with van der Waals surface area (Å²) >= 11 is 5.76. The average molecular weight is 276 g/mol. The predicted octanol–water partition coefficient (Wildman–Crippen LogP) is 4.13. The molecule has 0 atom stereocenters. The molecule has 19 heavy (non-hydrogen) atoms. The predicted molar refractivity (Wildman–Crippen MR) is 75.5 cm³/mol. The maximum atomic E-state index is 12.7. The van der Waals surface area contributed by atoms with Crippen LogP contribution in [-0.2, 0) is 4.79 Å². The number of halogens is 2. The summed E-state index contributed by atoms with van der Waals surface area (Å²) in [4.78, 5) is 11.6. The van der Waals surface area contributed by atoms with Crippen molar-refractivity contribution in [3.63, 3.8) is 0 Å². The van der Waals surface area contributed by atoms with Gasteiger partial charge < -0.3 is 5.32 Å². The zero-order chi connectivity index (χ0) is 13.7. The molecule has 0 aliphatic rings. The molecule has 0 aliphatic carbocycles. The van der Waals surface area contributed by atoms with Gasteiger partial charge in [-0.2, -0.15) is 0 Å². The molecule has 0 radical (unpaired) electrons.